The number of rotatable bonds is 26. The van der Waals surface area contributed by atoms with Crippen molar-refractivity contribution in [1.82, 2.24) is 0 Å². The molecule has 0 aliphatic rings. The molecule has 45 heavy (non-hydrogen) atoms. The van der Waals surface area contributed by atoms with Gasteiger partial charge in [0.2, 0.25) is 5.51 Å². The molecule has 0 saturated carbocycles. The first-order valence-electron chi connectivity index (χ1n) is 16.9. The second-order valence-electron chi connectivity index (χ2n) is 11.8. The molecule has 7 nitrogen and oxygen atoms in total. The summed E-state index contributed by atoms with van der Waals surface area (Å²) in [6.45, 7) is 2.97. The molecule has 3 rings (SSSR count). The molecular formula is C36H55NO6PS+. The minimum absolute atomic E-state index is 0.143. The van der Waals surface area contributed by atoms with Crippen molar-refractivity contribution in [2.75, 3.05) is 20.3 Å². The third kappa shape index (κ3) is 16.3. The van der Waals surface area contributed by atoms with Crippen LogP contribution in [0.2, 0.25) is 0 Å². The zero-order chi connectivity index (χ0) is 32.0. The summed E-state index contributed by atoms with van der Waals surface area (Å²) < 4.78 is 36.9. The molecule has 0 radical (unpaired) electrons. The fourth-order valence-electron chi connectivity index (χ4n) is 5.33. The molecule has 1 aromatic heterocycles. The number of phosphoric ester groups is 1. The van der Waals surface area contributed by atoms with Gasteiger partial charge in [0, 0.05) is 12.7 Å². The lowest BCUT2D eigenvalue weighted by molar-refractivity contribution is -0.683. The highest BCUT2D eigenvalue weighted by atomic mass is 32.1. The van der Waals surface area contributed by atoms with Gasteiger partial charge in [-0.1, -0.05) is 132 Å². The molecule has 250 valence electrons. The van der Waals surface area contributed by atoms with Crippen molar-refractivity contribution in [1.29, 1.82) is 0 Å². The first-order chi connectivity index (χ1) is 22.0. The van der Waals surface area contributed by atoms with Crippen LogP contribution in [0.25, 0.3) is 0 Å². The summed E-state index contributed by atoms with van der Waals surface area (Å²) in [5, 5.41) is 1.99. The highest BCUT2D eigenvalue weighted by Gasteiger charge is 2.26. The highest BCUT2D eigenvalue weighted by Crippen LogP contribution is 2.44. The lowest BCUT2D eigenvalue weighted by Gasteiger charge is -2.20. The number of unbranched alkanes of at least 4 members (excludes halogenated alkanes) is 13. The second kappa shape index (κ2) is 22.3. The van der Waals surface area contributed by atoms with Gasteiger partial charge in [-0.05, 0) is 36.6 Å². The maximum absolute atomic E-state index is 12.7. The second-order valence-corrected chi connectivity index (χ2v) is 14.0. The fraction of sp³-hybridized carbons (Fsp3) is 0.583. The largest absolute Gasteiger partial charge is 0.527 e. The van der Waals surface area contributed by atoms with Crippen LogP contribution in [0.4, 0.5) is 0 Å². The zero-order valence-corrected chi connectivity index (χ0v) is 29.2. The minimum atomic E-state index is -4.36. The van der Waals surface area contributed by atoms with Crippen LogP contribution in [0.3, 0.4) is 0 Å². The maximum Gasteiger partial charge on any atom is 0.527 e. The van der Waals surface area contributed by atoms with E-state index in [2.05, 4.69) is 13.0 Å². The summed E-state index contributed by atoms with van der Waals surface area (Å²) >= 11 is 1.60. The Kier molecular flexibility index (Phi) is 18.5. The molecule has 2 unspecified atom stereocenters. The Labute approximate surface area is 275 Å². The summed E-state index contributed by atoms with van der Waals surface area (Å²) in [5.41, 5.74) is 4.12. The van der Waals surface area contributed by atoms with E-state index in [0.29, 0.717) is 6.54 Å². The number of hydrogen-bond acceptors (Lipinski definition) is 6. The van der Waals surface area contributed by atoms with E-state index in [0.717, 1.165) is 24.2 Å². The number of para-hydroxylation sites is 1. The van der Waals surface area contributed by atoms with E-state index >= 15 is 0 Å². The first-order valence-corrected chi connectivity index (χ1v) is 19.3. The fourth-order valence-corrected chi connectivity index (χ4v) is 6.71. The van der Waals surface area contributed by atoms with E-state index in [1.807, 2.05) is 45.9 Å². The van der Waals surface area contributed by atoms with Gasteiger partial charge < -0.3 is 14.0 Å². The van der Waals surface area contributed by atoms with Gasteiger partial charge in [-0.25, -0.2) is 4.57 Å². The number of thiazole rings is 1. The number of phosphoric acid groups is 1. The minimum Gasteiger partial charge on any atom is -0.491 e. The smallest absolute Gasteiger partial charge is 0.491 e. The van der Waals surface area contributed by atoms with Crippen LogP contribution < -0.4 is 13.8 Å². The van der Waals surface area contributed by atoms with E-state index in [1.54, 1.807) is 29.5 Å². The quantitative estimate of drug-likeness (QED) is 0.0525. The standard InChI is InChI=1S/C36H54NO6PS/c1-3-4-5-6-7-8-9-10-11-12-13-14-15-16-21-33-22-17-18-24-36(33)41-29-35(40-2)30-42-44(38,39)43-34-23-19-20-32(27-34)28-37-25-26-45-31-37/h17-20,22-27,31,35H,3-16,21,28-30H2,1-2H3/p+1. The Balaban J connectivity index is 1.30. The number of ether oxygens (including phenoxy) is 2. The van der Waals surface area contributed by atoms with E-state index in [-0.39, 0.29) is 19.0 Å². The molecule has 1 N–H and O–H groups in total. The molecule has 9 heteroatoms. The zero-order valence-electron chi connectivity index (χ0n) is 27.4. The van der Waals surface area contributed by atoms with Crippen molar-refractivity contribution in [3.05, 3.63) is 76.7 Å². The molecule has 0 spiro atoms. The molecule has 1 heterocycles. The van der Waals surface area contributed by atoms with Crippen LogP contribution >= 0.6 is 19.2 Å². The van der Waals surface area contributed by atoms with Crippen molar-refractivity contribution in [2.24, 2.45) is 0 Å². The molecule has 2 atom stereocenters. The van der Waals surface area contributed by atoms with Gasteiger partial charge in [-0.2, -0.15) is 4.57 Å². The Morgan fingerprint density at radius 1 is 0.844 bits per heavy atom. The van der Waals surface area contributed by atoms with Crippen LogP contribution in [-0.4, -0.2) is 31.3 Å². The van der Waals surface area contributed by atoms with Gasteiger partial charge in [0.1, 0.15) is 24.2 Å². The van der Waals surface area contributed by atoms with Crippen LogP contribution in [0.5, 0.6) is 11.5 Å². The van der Waals surface area contributed by atoms with Gasteiger partial charge in [0.15, 0.2) is 12.7 Å². The number of hydrogen-bond donors (Lipinski definition) is 1. The Morgan fingerprint density at radius 3 is 2.16 bits per heavy atom. The van der Waals surface area contributed by atoms with Crippen LogP contribution in [-0.2, 0) is 26.8 Å². The van der Waals surface area contributed by atoms with Crippen LogP contribution in [0.15, 0.2) is 65.6 Å². The van der Waals surface area contributed by atoms with Gasteiger partial charge in [-0.15, -0.1) is 0 Å². The monoisotopic (exact) mass is 660 g/mol. The van der Waals surface area contributed by atoms with Crippen molar-refractivity contribution < 1.29 is 32.5 Å². The van der Waals surface area contributed by atoms with Gasteiger partial charge in [-0.3, -0.25) is 9.42 Å². The summed E-state index contributed by atoms with van der Waals surface area (Å²) in [4.78, 5) is 10.4. The van der Waals surface area contributed by atoms with E-state index < -0.39 is 13.9 Å². The average molecular weight is 661 g/mol. The summed E-state index contributed by atoms with van der Waals surface area (Å²) in [6, 6.07) is 15.2. The topological polar surface area (TPSA) is 78.1 Å². The first kappa shape index (κ1) is 37.2. The van der Waals surface area contributed by atoms with Crippen molar-refractivity contribution in [3.8, 4) is 11.5 Å². The number of aromatic nitrogens is 1. The predicted octanol–water partition coefficient (Wildman–Crippen LogP) is 9.70. The molecule has 2 aromatic carbocycles. The molecule has 0 aliphatic heterocycles. The predicted molar refractivity (Wildman–Crippen MR) is 183 cm³/mol. The lowest BCUT2D eigenvalue weighted by atomic mass is 10.0. The Hall–Kier alpha value is -2.22. The summed E-state index contributed by atoms with van der Waals surface area (Å²) in [7, 11) is -2.82. The van der Waals surface area contributed by atoms with Gasteiger partial charge in [0.05, 0.1) is 12.0 Å². The number of methoxy groups -OCH3 is 1. The molecular weight excluding hydrogens is 605 g/mol. The highest BCUT2D eigenvalue weighted by molar-refractivity contribution is 7.47. The van der Waals surface area contributed by atoms with Crippen molar-refractivity contribution >= 4 is 19.2 Å². The molecule has 0 amide bonds. The van der Waals surface area contributed by atoms with E-state index in [1.165, 1.54) is 96.1 Å². The Morgan fingerprint density at radius 2 is 1.51 bits per heavy atom. The normalized spacial score (nSPS) is 13.4. The van der Waals surface area contributed by atoms with Crippen LogP contribution in [0.1, 0.15) is 108 Å². The molecule has 0 bridgehead atoms. The average Bonchev–Trinajstić information content (AvgIpc) is 3.55. The Bertz CT molecular complexity index is 1220. The SMILES string of the molecule is CCCCCCCCCCCCCCCCc1ccccc1OCC(COP(=O)(O)Oc1cccc(C[n+]2ccsc2)c1)OC. The maximum atomic E-state index is 12.7. The number of benzene rings is 2. The molecule has 0 fully saturated rings. The molecule has 0 aliphatic carbocycles. The number of aryl methyl sites for hydroxylation is 1. The van der Waals surface area contributed by atoms with E-state index in [4.69, 9.17) is 18.5 Å². The summed E-state index contributed by atoms with van der Waals surface area (Å²) in [6.07, 6.45) is 21.2. The van der Waals surface area contributed by atoms with Crippen molar-refractivity contribution in [2.45, 2.75) is 116 Å². The lowest BCUT2D eigenvalue weighted by Crippen LogP contribution is -2.30. The van der Waals surface area contributed by atoms with Crippen molar-refractivity contribution in [3.63, 3.8) is 0 Å². The summed E-state index contributed by atoms with van der Waals surface area (Å²) in [5.74, 6) is 1.09. The van der Waals surface area contributed by atoms with Crippen LogP contribution in [0, 0.1) is 0 Å². The molecule has 0 saturated heterocycles. The third-order valence-electron chi connectivity index (χ3n) is 7.97. The van der Waals surface area contributed by atoms with E-state index in [9.17, 15) is 9.46 Å². The number of nitrogens with zero attached hydrogens (tertiary/aromatic N) is 1. The van der Waals surface area contributed by atoms with Gasteiger partial charge >= 0.3 is 7.82 Å². The molecule has 3 aromatic rings. The third-order valence-corrected chi connectivity index (χ3v) is 9.55. The van der Waals surface area contributed by atoms with Gasteiger partial charge in [0.25, 0.3) is 0 Å².